The van der Waals surface area contributed by atoms with Crippen molar-refractivity contribution < 1.29 is 23.8 Å². The molecule has 1 aromatic heterocycles. The van der Waals surface area contributed by atoms with Gasteiger partial charge in [-0.1, -0.05) is 18.2 Å². The highest BCUT2D eigenvalue weighted by atomic mass is 16.6. The molecule has 0 fully saturated rings. The number of hydrogen-bond acceptors (Lipinski definition) is 5. The molecule has 2 aromatic carbocycles. The van der Waals surface area contributed by atoms with Gasteiger partial charge in [0.1, 0.15) is 11.5 Å². The standard InChI is InChI=1S/C23H21NO5/c1-3-24-13-15(17-7-5-6-8-19(17)24)11-21-23(26)18-10-9-16(12-20(18)29-21)28-14-22(25)27-4-2/h5-13H,3-4,14H2,1-2H3/b21-11-. The number of aryl methyl sites for hydroxylation is 1. The number of esters is 1. The molecule has 1 aliphatic rings. The van der Waals surface area contributed by atoms with Crippen molar-refractivity contribution in [2.75, 3.05) is 13.2 Å². The van der Waals surface area contributed by atoms with Gasteiger partial charge in [-0.05, 0) is 38.1 Å². The topological polar surface area (TPSA) is 66.8 Å². The summed E-state index contributed by atoms with van der Waals surface area (Å²) in [5.74, 6) is 0.500. The zero-order valence-electron chi connectivity index (χ0n) is 16.3. The van der Waals surface area contributed by atoms with Gasteiger partial charge in [-0.25, -0.2) is 4.79 Å². The van der Waals surface area contributed by atoms with Crippen LogP contribution in [0.5, 0.6) is 11.5 Å². The molecular formula is C23H21NO5. The van der Waals surface area contributed by atoms with Crippen LogP contribution in [0.3, 0.4) is 0 Å². The minimum Gasteiger partial charge on any atom is -0.482 e. The fraction of sp³-hybridized carbons (Fsp3) is 0.217. The summed E-state index contributed by atoms with van der Waals surface area (Å²) in [5, 5.41) is 1.06. The van der Waals surface area contributed by atoms with Crippen LogP contribution in [0.25, 0.3) is 17.0 Å². The van der Waals surface area contributed by atoms with Gasteiger partial charge in [0.15, 0.2) is 12.4 Å². The smallest absolute Gasteiger partial charge is 0.344 e. The van der Waals surface area contributed by atoms with Crippen molar-refractivity contribution in [1.29, 1.82) is 0 Å². The average molecular weight is 391 g/mol. The molecule has 4 rings (SSSR count). The summed E-state index contributed by atoms with van der Waals surface area (Å²) < 4.78 is 18.2. The largest absolute Gasteiger partial charge is 0.482 e. The maximum atomic E-state index is 12.8. The number of carbonyl (C=O) groups is 2. The zero-order chi connectivity index (χ0) is 20.4. The lowest BCUT2D eigenvalue weighted by Gasteiger charge is -2.06. The second-order valence-electron chi connectivity index (χ2n) is 6.58. The van der Waals surface area contributed by atoms with Crippen LogP contribution in [0.15, 0.2) is 54.4 Å². The van der Waals surface area contributed by atoms with Gasteiger partial charge in [-0.2, -0.15) is 0 Å². The van der Waals surface area contributed by atoms with E-state index in [1.165, 1.54) is 0 Å². The summed E-state index contributed by atoms with van der Waals surface area (Å²) >= 11 is 0. The Morgan fingerprint density at radius 3 is 2.79 bits per heavy atom. The SMILES string of the molecule is CCOC(=O)COc1ccc2c(c1)O/C(=C\c1cn(CC)c3ccccc13)C2=O. The van der Waals surface area contributed by atoms with Gasteiger partial charge in [-0.15, -0.1) is 0 Å². The van der Waals surface area contributed by atoms with Gasteiger partial charge < -0.3 is 18.8 Å². The molecule has 0 bridgehead atoms. The molecule has 2 heterocycles. The second kappa shape index (κ2) is 7.83. The van der Waals surface area contributed by atoms with E-state index in [1.54, 1.807) is 31.2 Å². The average Bonchev–Trinajstić information content (AvgIpc) is 3.24. The van der Waals surface area contributed by atoms with Crippen molar-refractivity contribution in [3.8, 4) is 11.5 Å². The predicted molar refractivity (Wildman–Crippen MR) is 109 cm³/mol. The van der Waals surface area contributed by atoms with Crippen LogP contribution in [0.1, 0.15) is 29.8 Å². The monoisotopic (exact) mass is 391 g/mol. The number of nitrogens with zero attached hydrogens (tertiary/aromatic N) is 1. The fourth-order valence-electron chi connectivity index (χ4n) is 3.39. The van der Waals surface area contributed by atoms with Crippen LogP contribution in [0, 0.1) is 0 Å². The number of ketones is 1. The molecule has 148 valence electrons. The molecular weight excluding hydrogens is 370 g/mol. The van der Waals surface area contributed by atoms with Crippen molar-refractivity contribution >= 4 is 28.7 Å². The Morgan fingerprint density at radius 2 is 2.00 bits per heavy atom. The minimum absolute atomic E-state index is 0.176. The molecule has 0 amide bonds. The molecule has 6 heteroatoms. The van der Waals surface area contributed by atoms with E-state index in [1.807, 2.05) is 24.4 Å². The first-order valence-electron chi connectivity index (χ1n) is 9.55. The lowest BCUT2D eigenvalue weighted by Crippen LogP contribution is -2.14. The quantitative estimate of drug-likeness (QED) is 0.465. The van der Waals surface area contributed by atoms with E-state index in [4.69, 9.17) is 14.2 Å². The zero-order valence-corrected chi connectivity index (χ0v) is 16.3. The molecule has 6 nitrogen and oxygen atoms in total. The van der Waals surface area contributed by atoms with Crippen LogP contribution in [-0.2, 0) is 16.1 Å². The van der Waals surface area contributed by atoms with Crippen LogP contribution in [-0.4, -0.2) is 29.5 Å². The Kier molecular flexibility index (Phi) is 5.08. The Labute approximate surface area is 168 Å². The van der Waals surface area contributed by atoms with Crippen LogP contribution >= 0.6 is 0 Å². The molecule has 0 unspecified atom stereocenters. The van der Waals surface area contributed by atoms with Crippen molar-refractivity contribution in [3.63, 3.8) is 0 Å². The van der Waals surface area contributed by atoms with Crippen molar-refractivity contribution in [2.24, 2.45) is 0 Å². The molecule has 0 aliphatic carbocycles. The molecule has 0 radical (unpaired) electrons. The molecule has 0 spiro atoms. The van der Waals surface area contributed by atoms with Crippen LogP contribution < -0.4 is 9.47 Å². The van der Waals surface area contributed by atoms with Crippen LogP contribution in [0.2, 0.25) is 0 Å². The third-order valence-electron chi connectivity index (χ3n) is 4.75. The van der Waals surface area contributed by atoms with Crippen molar-refractivity contribution in [1.82, 2.24) is 4.57 Å². The summed E-state index contributed by atoms with van der Waals surface area (Å²) in [5.41, 5.74) is 2.51. The maximum absolute atomic E-state index is 12.8. The minimum atomic E-state index is -0.446. The molecule has 3 aromatic rings. The van der Waals surface area contributed by atoms with Gasteiger partial charge in [0, 0.05) is 35.3 Å². The molecule has 0 saturated heterocycles. The van der Waals surface area contributed by atoms with E-state index in [2.05, 4.69) is 17.6 Å². The number of para-hydroxylation sites is 1. The Hall–Kier alpha value is -3.54. The van der Waals surface area contributed by atoms with E-state index in [0.29, 0.717) is 23.7 Å². The second-order valence-corrected chi connectivity index (χ2v) is 6.58. The summed E-state index contributed by atoms with van der Waals surface area (Å²) in [6.07, 6.45) is 3.79. The van der Waals surface area contributed by atoms with E-state index in [-0.39, 0.29) is 18.1 Å². The molecule has 29 heavy (non-hydrogen) atoms. The van der Waals surface area contributed by atoms with E-state index in [9.17, 15) is 9.59 Å². The van der Waals surface area contributed by atoms with Gasteiger partial charge in [0.25, 0.3) is 0 Å². The van der Waals surface area contributed by atoms with E-state index >= 15 is 0 Å². The highest BCUT2D eigenvalue weighted by Gasteiger charge is 2.28. The van der Waals surface area contributed by atoms with Gasteiger partial charge in [0.05, 0.1) is 12.2 Å². The highest BCUT2D eigenvalue weighted by Crippen LogP contribution is 2.35. The third kappa shape index (κ3) is 3.61. The predicted octanol–water partition coefficient (Wildman–Crippen LogP) is 4.22. The summed E-state index contributed by atoms with van der Waals surface area (Å²) in [6.45, 7) is 4.75. The summed E-state index contributed by atoms with van der Waals surface area (Å²) in [7, 11) is 0. The Bertz CT molecular complexity index is 1130. The van der Waals surface area contributed by atoms with Crippen LogP contribution in [0.4, 0.5) is 0 Å². The number of rotatable bonds is 6. The number of hydrogen-bond donors (Lipinski definition) is 0. The first-order valence-corrected chi connectivity index (χ1v) is 9.55. The van der Waals surface area contributed by atoms with E-state index in [0.717, 1.165) is 23.0 Å². The van der Waals surface area contributed by atoms with Crippen molar-refractivity contribution in [2.45, 2.75) is 20.4 Å². The summed E-state index contributed by atoms with van der Waals surface area (Å²) in [4.78, 5) is 24.2. The molecule has 0 atom stereocenters. The van der Waals surface area contributed by atoms with Gasteiger partial charge >= 0.3 is 5.97 Å². The normalized spacial score (nSPS) is 14.1. The first-order chi connectivity index (χ1) is 14.1. The molecule has 0 N–H and O–H groups in total. The molecule has 0 saturated carbocycles. The van der Waals surface area contributed by atoms with Gasteiger partial charge in [-0.3, -0.25) is 4.79 Å². The number of Topliss-reactive ketones (excluding diaryl/α,β-unsaturated/α-hetero) is 1. The number of benzene rings is 2. The highest BCUT2D eigenvalue weighted by molar-refractivity contribution is 6.15. The first kappa shape index (κ1) is 18.8. The lowest BCUT2D eigenvalue weighted by atomic mass is 10.1. The summed E-state index contributed by atoms with van der Waals surface area (Å²) in [6, 6.07) is 13.0. The Balaban J connectivity index is 1.59. The fourth-order valence-corrected chi connectivity index (χ4v) is 3.39. The Morgan fingerprint density at radius 1 is 1.17 bits per heavy atom. The number of ether oxygens (including phenoxy) is 3. The van der Waals surface area contributed by atoms with Gasteiger partial charge in [0.2, 0.25) is 5.78 Å². The number of aromatic nitrogens is 1. The maximum Gasteiger partial charge on any atom is 0.344 e. The molecule has 1 aliphatic heterocycles. The third-order valence-corrected chi connectivity index (χ3v) is 4.75. The van der Waals surface area contributed by atoms with Crippen molar-refractivity contribution in [3.05, 3.63) is 65.5 Å². The lowest BCUT2D eigenvalue weighted by molar-refractivity contribution is -0.145. The number of fused-ring (bicyclic) bond motifs is 2. The van der Waals surface area contributed by atoms with E-state index < -0.39 is 5.97 Å². The number of allylic oxidation sites excluding steroid dienone is 1. The number of carbonyl (C=O) groups excluding carboxylic acids is 2.